The van der Waals surface area contributed by atoms with Crippen LogP contribution in [0.3, 0.4) is 0 Å². The lowest BCUT2D eigenvalue weighted by Gasteiger charge is -2.27. The molecule has 0 aliphatic rings. The summed E-state index contributed by atoms with van der Waals surface area (Å²) in [5.41, 5.74) is 0.900. The summed E-state index contributed by atoms with van der Waals surface area (Å²) in [6.45, 7) is 6.86. The van der Waals surface area contributed by atoms with Gasteiger partial charge >= 0.3 is 5.97 Å². The highest BCUT2D eigenvalue weighted by molar-refractivity contribution is 5.82. The molecule has 1 aromatic rings. The highest BCUT2D eigenvalue weighted by atomic mass is 16.5. The van der Waals surface area contributed by atoms with Crippen LogP contribution in [-0.2, 0) is 20.7 Å². The molecule has 22 heavy (non-hydrogen) atoms. The van der Waals surface area contributed by atoms with Gasteiger partial charge in [0, 0.05) is 0 Å². The molecule has 0 heterocycles. The van der Waals surface area contributed by atoms with Crippen molar-refractivity contribution < 1.29 is 14.3 Å². The highest BCUT2D eigenvalue weighted by Gasteiger charge is 2.30. The van der Waals surface area contributed by atoms with Crippen molar-refractivity contribution in [1.82, 2.24) is 5.32 Å². The SMILES string of the molecule is Cc1ccccc1CC(=O)OCC(=O)N[C@](C)(C#N)C(C)C. The molecule has 0 radical (unpaired) electrons. The van der Waals surface area contributed by atoms with E-state index in [1.54, 1.807) is 6.92 Å². The molecule has 1 atom stereocenters. The van der Waals surface area contributed by atoms with Gasteiger partial charge in [-0.3, -0.25) is 9.59 Å². The lowest BCUT2D eigenvalue weighted by molar-refractivity contribution is -0.148. The van der Waals surface area contributed by atoms with E-state index in [4.69, 9.17) is 10.00 Å². The second-order valence-corrected chi connectivity index (χ2v) is 5.78. The zero-order valence-corrected chi connectivity index (χ0v) is 13.5. The maximum Gasteiger partial charge on any atom is 0.310 e. The number of hydrogen-bond acceptors (Lipinski definition) is 4. The van der Waals surface area contributed by atoms with Crippen LogP contribution >= 0.6 is 0 Å². The Morgan fingerprint density at radius 3 is 2.55 bits per heavy atom. The van der Waals surface area contributed by atoms with Crippen molar-refractivity contribution in [2.24, 2.45) is 5.92 Å². The van der Waals surface area contributed by atoms with Gasteiger partial charge in [0.1, 0.15) is 5.54 Å². The van der Waals surface area contributed by atoms with Gasteiger partial charge < -0.3 is 10.1 Å². The van der Waals surface area contributed by atoms with Gasteiger partial charge in [0.25, 0.3) is 5.91 Å². The van der Waals surface area contributed by atoms with Crippen LogP contribution in [0.1, 0.15) is 31.9 Å². The lowest BCUT2D eigenvalue weighted by atomic mass is 9.90. The van der Waals surface area contributed by atoms with E-state index < -0.39 is 17.4 Å². The molecule has 1 aromatic carbocycles. The van der Waals surface area contributed by atoms with E-state index in [2.05, 4.69) is 11.4 Å². The molecular weight excluding hydrogens is 280 g/mol. The molecule has 1 rings (SSSR count). The molecule has 1 amide bonds. The smallest absolute Gasteiger partial charge is 0.310 e. The van der Waals surface area contributed by atoms with Crippen molar-refractivity contribution in [2.45, 2.75) is 39.7 Å². The summed E-state index contributed by atoms with van der Waals surface area (Å²) in [5, 5.41) is 11.7. The van der Waals surface area contributed by atoms with Gasteiger partial charge in [-0.1, -0.05) is 38.1 Å². The molecule has 0 fully saturated rings. The highest BCUT2D eigenvalue weighted by Crippen LogP contribution is 2.14. The second kappa shape index (κ2) is 7.60. The Balaban J connectivity index is 2.50. The standard InChI is InChI=1S/C17H22N2O3/c1-12(2)17(4,11-18)19-15(20)10-22-16(21)9-14-8-6-5-7-13(14)3/h5-8,12H,9-10H2,1-4H3,(H,19,20)/t17-/m1/s1. The van der Waals surface area contributed by atoms with Crippen LogP contribution in [-0.4, -0.2) is 24.0 Å². The van der Waals surface area contributed by atoms with Gasteiger partial charge in [0.15, 0.2) is 6.61 Å². The van der Waals surface area contributed by atoms with Crippen LogP contribution < -0.4 is 5.32 Å². The Kier molecular flexibility index (Phi) is 6.11. The van der Waals surface area contributed by atoms with E-state index in [1.165, 1.54) is 0 Å². The molecule has 0 saturated heterocycles. The molecule has 1 N–H and O–H groups in total. The largest absolute Gasteiger partial charge is 0.455 e. The summed E-state index contributed by atoms with van der Waals surface area (Å²) < 4.78 is 4.97. The third-order valence-electron chi connectivity index (χ3n) is 3.75. The van der Waals surface area contributed by atoms with E-state index in [-0.39, 0.29) is 18.9 Å². The monoisotopic (exact) mass is 302 g/mol. The van der Waals surface area contributed by atoms with E-state index in [1.807, 2.05) is 45.0 Å². The topological polar surface area (TPSA) is 79.2 Å². The van der Waals surface area contributed by atoms with Gasteiger partial charge in [-0.2, -0.15) is 5.26 Å². The lowest BCUT2D eigenvalue weighted by Crippen LogP contribution is -2.50. The molecule has 5 nitrogen and oxygen atoms in total. The molecule has 5 heteroatoms. The molecule has 118 valence electrons. The van der Waals surface area contributed by atoms with E-state index in [0.717, 1.165) is 11.1 Å². The summed E-state index contributed by atoms with van der Waals surface area (Å²) >= 11 is 0. The summed E-state index contributed by atoms with van der Waals surface area (Å²) in [7, 11) is 0. The average molecular weight is 302 g/mol. The van der Waals surface area contributed by atoms with Crippen LogP contribution in [0.25, 0.3) is 0 Å². The maximum absolute atomic E-state index is 11.8. The first kappa shape index (κ1) is 17.7. The number of aryl methyl sites for hydroxylation is 1. The summed E-state index contributed by atoms with van der Waals surface area (Å²) in [6, 6.07) is 9.58. The minimum atomic E-state index is -0.973. The van der Waals surface area contributed by atoms with E-state index in [9.17, 15) is 9.59 Å². The number of amides is 1. The van der Waals surface area contributed by atoms with E-state index >= 15 is 0 Å². The maximum atomic E-state index is 11.8. The molecule has 0 spiro atoms. The number of nitriles is 1. The van der Waals surface area contributed by atoms with Crippen LogP contribution in [0.5, 0.6) is 0 Å². The normalized spacial score (nSPS) is 13.1. The first-order chi connectivity index (χ1) is 10.3. The van der Waals surface area contributed by atoms with Gasteiger partial charge in [0.05, 0.1) is 12.5 Å². The zero-order chi connectivity index (χ0) is 16.8. The third-order valence-corrected chi connectivity index (χ3v) is 3.75. The second-order valence-electron chi connectivity index (χ2n) is 5.78. The van der Waals surface area contributed by atoms with Gasteiger partial charge in [-0.15, -0.1) is 0 Å². The first-order valence-electron chi connectivity index (χ1n) is 7.21. The fourth-order valence-corrected chi connectivity index (χ4v) is 1.79. The van der Waals surface area contributed by atoms with Gasteiger partial charge in [-0.25, -0.2) is 0 Å². The number of carbonyl (C=O) groups excluding carboxylic acids is 2. The Hall–Kier alpha value is -2.35. The van der Waals surface area contributed by atoms with Crippen LogP contribution in [0.15, 0.2) is 24.3 Å². The fourth-order valence-electron chi connectivity index (χ4n) is 1.79. The fraction of sp³-hybridized carbons (Fsp3) is 0.471. The number of nitrogens with one attached hydrogen (secondary N) is 1. The van der Waals surface area contributed by atoms with Crippen molar-refractivity contribution in [3.8, 4) is 6.07 Å². The predicted octanol–water partition coefficient (Wildman–Crippen LogP) is 2.14. The van der Waals surface area contributed by atoms with Crippen molar-refractivity contribution >= 4 is 11.9 Å². The molecule has 0 saturated carbocycles. The minimum absolute atomic E-state index is 0.0517. The molecule has 0 unspecified atom stereocenters. The van der Waals surface area contributed by atoms with Gasteiger partial charge in [-0.05, 0) is 30.9 Å². The van der Waals surface area contributed by atoms with Gasteiger partial charge in [0.2, 0.25) is 0 Å². The number of nitrogens with zero attached hydrogens (tertiary/aromatic N) is 1. The Labute approximate surface area is 131 Å². The number of carbonyl (C=O) groups is 2. The first-order valence-corrected chi connectivity index (χ1v) is 7.21. The zero-order valence-electron chi connectivity index (χ0n) is 13.5. The van der Waals surface area contributed by atoms with Crippen LogP contribution in [0.2, 0.25) is 0 Å². The number of hydrogen-bond donors (Lipinski definition) is 1. The van der Waals surface area contributed by atoms with Crippen LogP contribution in [0, 0.1) is 24.2 Å². The average Bonchev–Trinajstić information content (AvgIpc) is 2.47. The van der Waals surface area contributed by atoms with E-state index in [0.29, 0.717) is 0 Å². The predicted molar refractivity (Wildman–Crippen MR) is 82.8 cm³/mol. The van der Waals surface area contributed by atoms with Crippen molar-refractivity contribution in [1.29, 1.82) is 5.26 Å². The molecule has 0 aliphatic carbocycles. The Morgan fingerprint density at radius 2 is 2.00 bits per heavy atom. The molecule has 0 bridgehead atoms. The van der Waals surface area contributed by atoms with Crippen molar-refractivity contribution in [3.05, 3.63) is 35.4 Å². The number of benzene rings is 1. The summed E-state index contributed by atoms with van der Waals surface area (Å²) in [6.07, 6.45) is 0.125. The van der Waals surface area contributed by atoms with Crippen molar-refractivity contribution in [3.63, 3.8) is 0 Å². The summed E-state index contributed by atoms with van der Waals surface area (Å²) in [4.78, 5) is 23.6. The minimum Gasteiger partial charge on any atom is -0.455 e. The van der Waals surface area contributed by atoms with Crippen molar-refractivity contribution in [2.75, 3.05) is 6.61 Å². The molecule has 0 aromatic heterocycles. The number of ether oxygens (including phenoxy) is 1. The molecule has 0 aliphatic heterocycles. The Bertz CT molecular complexity index is 590. The third kappa shape index (κ3) is 4.88. The number of esters is 1. The summed E-state index contributed by atoms with van der Waals surface area (Å²) in [5.74, 6) is -0.993. The number of rotatable bonds is 6. The molecular formula is C17H22N2O3. The Morgan fingerprint density at radius 1 is 1.36 bits per heavy atom. The quantitative estimate of drug-likeness (QED) is 0.816. The van der Waals surface area contributed by atoms with Crippen LogP contribution in [0.4, 0.5) is 0 Å².